The highest BCUT2D eigenvalue weighted by Gasteiger charge is 2.33. The maximum Gasteiger partial charge on any atom is 0.253 e. The minimum Gasteiger partial charge on any atom is -0.321 e. The van der Waals surface area contributed by atoms with E-state index in [1.807, 2.05) is 11.6 Å². The van der Waals surface area contributed by atoms with Gasteiger partial charge in [-0.3, -0.25) is 9.69 Å². The van der Waals surface area contributed by atoms with Gasteiger partial charge in [-0.25, -0.2) is 4.68 Å². The Balaban J connectivity index is 1.67. The van der Waals surface area contributed by atoms with Crippen molar-refractivity contribution in [2.45, 2.75) is 70.9 Å². The van der Waals surface area contributed by atoms with Gasteiger partial charge in [0.2, 0.25) is 0 Å². The first-order valence-corrected chi connectivity index (χ1v) is 11.3. The van der Waals surface area contributed by atoms with Crippen molar-refractivity contribution < 1.29 is 0 Å². The third kappa shape index (κ3) is 3.45. The zero-order valence-corrected chi connectivity index (χ0v) is 17.9. The number of nitrogens with one attached hydrogen (secondary N) is 1. The Hall–Kier alpha value is -2.54. The van der Waals surface area contributed by atoms with Crippen LogP contribution < -0.4 is 5.56 Å². The molecule has 30 heavy (non-hydrogen) atoms. The van der Waals surface area contributed by atoms with Gasteiger partial charge in [0.15, 0.2) is 5.82 Å². The van der Waals surface area contributed by atoms with E-state index in [1.54, 1.807) is 0 Å². The molecule has 3 aromatic rings. The number of fused-ring (bicyclic) bond motifs is 1. The molecule has 2 fully saturated rings. The average molecular weight is 407 g/mol. The Morgan fingerprint density at radius 3 is 2.57 bits per heavy atom. The summed E-state index contributed by atoms with van der Waals surface area (Å²) in [4.78, 5) is 18.9. The fourth-order valence-corrected chi connectivity index (χ4v) is 5.37. The summed E-state index contributed by atoms with van der Waals surface area (Å²) >= 11 is 0. The van der Waals surface area contributed by atoms with E-state index in [0.29, 0.717) is 6.04 Å². The Morgan fingerprint density at radius 1 is 1.03 bits per heavy atom. The lowest BCUT2D eigenvalue weighted by molar-refractivity contribution is 0.174. The number of pyridine rings is 1. The van der Waals surface area contributed by atoms with Crippen molar-refractivity contribution in [3.63, 3.8) is 0 Å². The second kappa shape index (κ2) is 7.95. The van der Waals surface area contributed by atoms with E-state index in [4.69, 9.17) is 0 Å². The summed E-state index contributed by atoms with van der Waals surface area (Å²) in [5, 5.41) is 14.0. The molecule has 1 saturated heterocycles. The predicted molar refractivity (Wildman–Crippen MR) is 117 cm³/mol. The number of aromatic nitrogens is 5. The summed E-state index contributed by atoms with van der Waals surface area (Å²) in [6.45, 7) is 6.08. The van der Waals surface area contributed by atoms with Crippen LogP contribution in [0.3, 0.4) is 0 Å². The fraction of sp³-hybridized carbons (Fsp3) is 0.565. The zero-order chi connectivity index (χ0) is 20.7. The second-order valence-corrected chi connectivity index (χ2v) is 9.02. The van der Waals surface area contributed by atoms with Gasteiger partial charge in [-0.15, -0.1) is 5.10 Å². The van der Waals surface area contributed by atoms with Crippen LogP contribution in [0.2, 0.25) is 0 Å². The number of benzene rings is 1. The van der Waals surface area contributed by atoms with Gasteiger partial charge in [-0.2, -0.15) is 0 Å². The molecule has 0 bridgehead atoms. The van der Waals surface area contributed by atoms with Crippen LogP contribution in [0.15, 0.2) is 23.0 Å². The van der Waals surface area contributed by atoms with Crippen LogP contribution in [0.25, 0.3) is 10.9 Å². The first kappa shape index (κ1) is 19.4. The molecule has 1 aliphatic carbocycles. The zero-order valence-electron chi connectivity index (χ0n) is 17.9. The Bertz CT molecular complexity index is 1100. The van der Waals surface area contributed by atoms with Crippen LogP contribution in [0.5, 0.6) is 0 Å². The van der Waals surface area contributed by atoms with Crippen LogP contribution >= 0.6 is 0 Å². The van der Waals surface area contributed by atoms with Gasteiger partial charge < -0.3 is 4.98 Å². The molecule has 2 aromatic heterocycles. The minimum atomic E-state index is -0.213. The number of tetrazole rings is 1. The van der Waals surface area contributed by atoms with E-state index in [2.05, 4.69) is 50.5 Å². The number of hydrogen-bond acceptors (Lipinski definition) is 5. The minimum absolute atomic E-state index is 0.0361. The number of hydrogen-bond donors (Lipinski definition) is 1. The van der Waals surface area contributed by atoms with Crippen molar-refractivity contribution in [3.8, 4) is 0 Å². The van der Waals surface area contributed by atoms with E-state index in [9.17, 15) is 4.79 Å². The summed E-state index contributed by atoms with van der Waals surface area (Å²) in [5.41, 5.74) is 3.93. The average Bonchev–Trinajstić information content (AvgIpc) is 3.42. The quantitative estimate of drug-likeness (QED) is 0.712. The molecule has 1 aliphatic heterocycles. The smallest absolute Gasteiger partial charge is 0.253 e. The van der Waals surface area contributed by atoms with Gasteiger partial charge in [0, 0.05) is 5.56 Å². The number of nitrogens with zero attached hydrogens (tertiary/aromatic N) is 5. The summed E-state index contributed by atoms with van der Waals surface area (Å²) in [5.74, 6) is 0.818. The largest absolute Gasteiger partial charge is 0.321 e. The molecule has 0 spiro atoms. The second-order valence-electron chi connectivity index (χ2n) is 9.02. The summed E-state index contributed by atoms with van der Waals surface area (Å²) in [6.07, 6.45) is 8.18. The SMILES string of the molecule is Cc1cc(C)c2[nH]c(=O)c([C@@H](c3nnnn3C3CCCC3)N3CCCCC3)cc2c1. The predicted octanol–water partition coefficient (Wildman–Crippen LogP) is 3.82. The highest BCUT2D eigenvalue weighted by molar-refractivity contribution is 5.83. The van der Waals surface area contributed by atoms with E-state index < -0.39 is 0 Å². The van der Waals surface area contributed by atoms with Gasteiger partial charge >= 0.3 is 0 Å². The standard InChI is InChI=1S/C23H30N6O/c1-15-12-16(2)20-17(13-15)14-19(23(30)24-20)21(28-10-6-3-7-11-28)22-25-26-27-29(22)18-8-4-5-9-18/h12-14,18,21H,3-11H2,1-2H3,(H,24,30)/t21-/m0/s1. The maximum absolute atomic E-state index is 13.3. The van der Waals surface area contributed by atoms with Gasteiger partial charge in [-0.1, -0.05) is 30.9 Å². The van der Waals surface area contributed by atoms with Crippen molar-refractivity contribution >= 4 is 10.9 Å². The molecule has 0 amide bonds. The molecule has 1 N–H and O–H groups in total. The third-order valence-corrected chi connectivity index (χ3v) is 6.81. The first-order chi connectivity index (χ1) is 14.6. The number of aryl methyl sites for hydroxylation is 2. The Kier molecular flexibility index (Phi) is 5.15. The molecule has 7 nitrogen and oxygen atoms in total. The van der Waals surface area contributed by atoms with E-state index in [-0.39, 0.29) is 11.6 Å². The highest BCUT2D eigenvalue weighted by Crippen LogP contribution is 2.35. The van der Waals surface area contributed by atoms with Crippen LogP contribution in [0.1, 0.15) is 79.5 Å². The molecular weight excluding hydrogens is 376 g/mol. The molecule has 5 rings (SSSR count). The van der Waals surface area contributed by atoms with Crippen LogP contribution in [0, 0.1) is 13.8 Å². The van der Waals surface area contributed by atoms with E-state index >= 15 is 0 Å². The van der Waals surface area contributed by atoms with Crippen LogP contribution in [0.4, 0.5) is 0 Å². The summed E-state index contributed by atoms with van der Waals surface area (Å²) in [7, 11) is 0. The van der Waals surface area contributed by atoms with E-state index in [1.165, 1.54) is 24.8 Å². The Labute approximate surface area is 176 Å². The molecular formula is C23H30N6O. The number of rotatable bonds is 4. The number of H-pyrrole nitrogens is 1. The maximum atomic E-state index is 13.3. The lowest BCUT2D eigenvalue weighted by atomic mass is 9.98. The monoisotopic (exact) mass is 406 g/mol. The Morgan fingerprint density at radius 2 is 1.80 bits per heavy atom. The molecule has 158 valence electrons. The third-order valence-electron chi connectivity index (χ3n) is 6.81. The normalized spacial score (nSPS) is 19.5. The van der Waals surface area contributed by atoms with Crippen molar-refractivity contribution in [3.05, 3.63) is 51.1 Å². The van der Waals surface area contributed by atoms with Gasteiger partial charge in [0.1, 0.15) is 6.04 Å². The van der Waals surface area contributed by atoms with Crippen molar-refractivity contribution in [1.29, 1.82) is 0 Å². The molecule has 3 heterocycles. The van der Waals surface area contributed by atoms with Crippen molar-refractivity contribution in [2.24, 2.45) is 0 Å². The highest BCUT2D eigenvalue weighted by atomic mass is 16.1. The molecule has 0 radical (unpaired) electrons. The fourth-order valence-electron chi connectivity index (χ4n) is 5.37. The topological polar surface area (TPSA) is 79.7 Å². The van der Waals surface area contributed by atoms with Crippen molar-refractivity contribution in [1.82, 2.24) is 30.1 Å². The molecule has 1 saturated carbocycles. The summed E-state index contributed by atoms with van der Waals surface area (Å²) < 4.78 is 2.01. The van der Waals surface area contributed by atoms with Crippen molar-refractivity contribution in [2.75, 3.05) is 13.1 Å². The molecule has 1 atom stereocenters. The first-order valence-electron chi connectivity index (χ1n) is 11.3. The summed E-state index contributed by atoms with van der Waals surface area (Å²) in [6, 6.07) is 6.46. The number of piperidine rings is 1. The lowest BCUT2D eigenvalue weighted by Crippen LogP contribution is -2.38. The van der Waals surface area contributed by atoms with Gasteiger partial charge in [0.05, 0.1) is 11.6 Å². The van der Waals surface area contributed by atoms with Crippen LogP contribution in [-0.2, 0) is 0 Å². The number of likely N-dealkylation sites (tertiary alicyclic amines) is 1. The van der Waals surface area contributed by atoms with Crippen LogP contribution in [-0.4, -0.2) is 43.2 Å². The van der Waals surface area contributed by atoms with E-state index in [0.717, 1.165) is 66.6 Å². The molecule has 7 heteroatoms. The van der Waals surface area contributed by atoms with Gasteiger partial charge in [-0.05, 0) is 86.1 Å². The molecule has 0 unspecified atom stereocenters. The number of aromatic amines is 1. The van der Waals surface area contributed by atoms with Gasteiger partial charge in [0.25, 0.3) is 5.56 Å². The molecule has 2 aliphatic rings. The molecule has 1 aromatic carbocycles. The lowest BCUT2D eigenvalue weighted by Gasteiger charge is -2.34.